The Bertz CT molecular complexity index is 427. The molecular formula is C12H17Cl2N3O2. The lowest BCUT2D eigenvalue weighted by molar-refractivity contribution is 0.191. The third-order valence-corrected chi connectivity index (χ3v) is 2.94. The molecule has 0 aliphatic carbocycles. The van der Waals surface area contributed by atoms with Crippen molar-refractivity contribution in [2.75, 3.05) is 25.0 Å². The van der Waals surface area contributed by atoms with Crippen LogP contribution in [0.5, 0.6) is 0 Å². The second kappa shape index (κ2) is 8.22. The maximum absolute atomic E-state index is 11.5. The Morgan fingerprint density at radius 2 is 2.05 bits per heavy atom. The van der Waals surface area contributed by atoms with E-state index in [-0.39, 0.29) is 6.03 Å². The van der Waals surface area contributed by atoms with Gasteiger partial charge in [0.1, 0.15) is 0 Å². The zero-order valence-corrected chi connectivity index (χ0v) is 12.1. The monoisotopic (exact) mass is 305 g/mol. The summed E-state index contributed by atoms with van der Waals surface area (Å²) in [6, 6.07) is 4.54. The molecule has 7 heteroatoms. The predicted molar refractivity (Wildman–Crippen MR) is 78.0 cm³/mol. The third kappa shape index (κ3) is 6.63. The highest BCUT2D eigenvalue weighted by molar-refractivity contribution is 6.42. The Labute approximate surface area is 122 Å². The standard InChI is InChI=1S/C12H17Cl2N3O2/c1-8(18)7-15-4-5-16-12(19)17-9-2-3-10(13)11(14)6-9/h2-3,6,8,15,18H,4-5,7H2,1H3,(H2,16,17,19). The summed E-state index contributed by atoms with van der Waals surface area (Å²) in [6.07, 6.45) is -0.398. The Morgan fingerprint density at radius 3 is 2.68 bits per heavy atom. The average molecular weight is 306 g/mol. The minimum atomic E-state index is -0.398. The van der Waals surface area contributed by atoms with Crippen molar-refractivity contribution in [3.05, 3.63) is 28.2 Å². The molecule has 4 N–H and O–H groups in total. The van der Waals surface area contributed by atoms with E-state index in [2.05, 4.69) is 16.0 Å². The number of nitrogens with one attached hydrogen (secondary N) is 3. The van der Waals surface area contributed by atoms with Crippen molar-refractivity contribution in [2.45, 2.75) is 13.0 Å². The van der Waals surface area contributed by atoms with Crippen molar-refractivity contribution < 1.29 is 9.90 Å². The highest BCUT2D eigenvalue weighted by Crippen LogP contribution is 2.24. The van der Waals surface area contributed by atoms with E-state index in [1.54, 1.807) is 25.1 Å². The molecule has 1 unspecified atom stereocenters. The molecule has 0 fully saturated rings. The number of hydrogen-bond donors (Lipinski definition) is 4. The molecule has 5 nitrogen and oxygen atoms in total. The predicted octanol–water partition coefficient (Wildman–Crippen LogP) is 2.09. The number of anilines is 1. The molecule has 1 atom stereocenters. The van der Waals surface area contributed by atoms with Crippen LogP contribution in [0.15, 0.2) is 18.2 Å². The SMILES string of the molecule is CC(O)CNCCNC(=O)Nc1ccc(Cl)c(Cl)c1. The van der Waals surface area contributed by atoms with E-state index in [0.29, 0.717) is 35.4 Å². The van der Waals surface area contributed by atoms with Crippen molar-refractivity contribution in [1.29, 1.82) is 0 Å². The summed E-state index contributed by atoms with van der Waals surface area (Å²) in [7, 11) is 0. The third-order valence-electron chi connectivity index (χ3n) is 2.20. The van der Waals surface area contributed by atoms with Crippen LogP contribution >= 0.6 is 23.2 Å². The molecule has 0 aliphatic rings. The maximum Gasteiger partial charge on any atom is 0.319 e. The van der Waals surface area contributed by atoms with Crippen molar-refractivity contribution in [2.24, 2.45) is 0 Å². The molecule has 0 heterocycles. The highest BCUT2D eigenvalue weighted by Gasteiger charge is 2.03. The molecule has 2 amide bonds. The van der Waals surface area contributed by atoms with Gasteiger partial charge in [0.2, 0.25) is 0 Å². The van der Waals surface area contributed by atoms with E-state index in [0.717, 1.165) is 0 Å². The first-order valence-electron chi connectivity index (χ1n) is 5.87. The van der Waals surface area contributed by atoms with E-state index >= 15 is 0 Å². The van der Waals surface area contributed by atoms with Crippen LogP contribution < -0.4 is 16.0 Å². The van der Waals surface area contributed by atoms with Gasteiger partial charge in [0.15, 0.2) is 0 Å². The van der Waals surface area contributed by atoms with Gasteiger partial charge in [-0.25, -0.2) is 4.79 Å². The minimum Gasteiger partial charge on any atom is -0.392 e. The van der Waals surface area contributed by atoms with E-state index in [1.807, 2.05) is 0 Å². The van der Waals surface area contributed by atoms with Crippen LogP contribution in [-0.4, -0.2) is 36.9 Å². The van der Waals surface area contributed by atoms with Gasteiger partial charge in [-0.1, -0.05) is 23.2 Å². The van der Waals surface area contributed by atoms with E-state index in [9.17, 15) is 4.79 Å². The highest BCUT2D eigenvalue weighted by atomic mass is 35.5. The molecule has 0 radical (unpaired) electrons. The summed E-state index contributed by atoms with van der Waals surface area (Å²) >= 11 is 11.6. The largest absolute Gasteiger partial charge is 0.392 e. The topological polar surface area (TPSA) is 73.4 Å². The molecule has 0 saturated carbocycles. The van der Waals surface area contributed by atoms with Crippen LogP contribution in [0.1, 0.15) is 6.92 Å². The number of aliphatic hydroxyl groups excluding tert-OH is 1. The average Bonchev–Trinajstić information content (AvgIpc) is 2.33. The van der Waals surface area contributed by atoms with Gasteiger partial charge in [0, 0.05) is 25.3 Å². The Hall–Kier alpha value is -1.01. The fourth-order valence-electron chi connectivity index (χ4n) is 1.32. The summed E-state index contributed by atoms with van der Waals surface area (Å²) in [5, 5.41) is 18.1. The molecule has 1 aromatic carbocycles. The Morgan fingerprint density at radius 1 is 1.32 bits per heavy atom. The number of benzene rings is 1. The Balaban J connectivity index is 2.25. The lowest BCUT2D eigenvalue weighted by Gasteiger charge is -2.09. The van der Waals surface area contributed by atoms with Gasteiger partial charge < -0.3 is 21.1 Å². The number of hydrogen-bond acceptors (Lipinski definition) is 3. The second-order valence-corrected chi connectivity index (χ2v) is 4.88. The quantitative estimate of drug-likeness (QED) is 0.608. The van der Waals surface area contributed by atoms with E-state index < -0.39 is 6.10 Å². The molecule has 106 valence electrons. The first kappa shape index (κ1) is 16.0. The molecule has 0 bridgehead atoms. The molecule has 19 heavy (non-hydrogen) atoms. The smallest absolute Gasteiger partial charge is 0.319 e. The van der Waals surface area contributed by atoms with Crippen LogP contribution in [0.4, 0.5) is 10.5 Å². The molecule has 0 saturated heterocycles. The second-order valence-electron chi connectivity index (χ2n) is 4.06. The lowest BCUT2D eigenvalue weighted by atomic mass is 10.3. The summed E-state index contributed by atoms with van der Waals surface area (Å²) in [4.78, 5) is 11.5. The van der Waals surface area contributed by atoms with Gasteiger partial charge in [-0.15, -0.1) is 0 Å². The molecule has 0 spiro atoms. The van der Waals surface area contributed by atoms with Crippen molar-refractivity contribution in [3.63, 3.8) is 0 Å². The van der Waals surface area contributed by atoms with Crippen LogP contribution in [0.3, 0.4) is 0 Å². The van der Waals surface area contributed by atoms with E-state index in [1.165, 1.54) is 0 Å². The van der Waals surface area contributed by atoms with Crippen molar-refractivity contribution in [3.8, 4) is 0 Å². The van der Waals surface area contributed by atoms with Gasteiger partial charge >= 0.3 is 6.03 Å². The molecule has 0 aliphatic heterocycles. The summed E-state index contributed by atoms with van der Waals surface area (Å²) in [5.41, 5.74) is 0.573. The molecule has 1 aromatic rings. The fraction of sp³-hybridized carbons (Fsp3) is 0.417. The van der Waals surface area contributed by atoms with Gasteiger partial charge in [-0.05, 0) is 25.1 Å². The minimum absolute atomic E-state index is 0.322. The lowest BCUT2D eigenvalue weighted by Crippen LogP contribution is -2.36. The number of urea groups is 1. The number of carbonyl (C=O) groups excluding carboxylic acids is 1. The number of amides is 2. The zero-order chi connectivity index (χ0) is 14.3. The zero-order valence-electron chi connectivity index (χ0n) is 10.5. The van der Waals surface area contributed by atoms with Gasteiger partial charge in [-0.2, -0.15) is 0 Å². The molecule has 1 rings (SSSR count). The van der Waals surface area contributed by atoms with Crippen molar-refractivity contribution >= 4 is 34.9 Å². The first-order chi connectivity index (χ1) is 8.99. The number of carbonyl (C=O) groups is 1. The van der Waals surface area contributed by atoms with Crippen LogP contribution in [0, 0.1) is 0 Å². The molecular weight excluding hydrogens is 289 g/mol. The van der Waals surface area contributed by atoms with Gasteiger partial charge in [0.25, 0.3) is 0 Å². The fourth-order valence-corrected chi connectivity index (χ4v) is 1.62. The normalized spacial score (nSPS) is 12.0. The number of halogens is 2. The molecule has 0 aromatic heterocycles. The van der Waals surface area contributed by atoms with Gasteiger partial charge in [0.05, 0.1) is 16.1 Å². The van der Waals surface area contributed by atoms with Crippen molar-refractivity contribution in [1.82, 2.24) is 10.6 Å². The number of aliphatic hydroxyl groups is 1. The maximum atomic E-state index is 11.5. The van der Waals surface area contributed by atoms with Crippen LogP contribution in [-0.2, 0) is 0 Å². The van der Waals surface area contributed by atoms with Gasteiger partial charge in [-0.3, -0.25) is 0 Å². The summed E-state index contributed by atoms with van der Waals surface area (Å²) in [5.74, 6) is 0. The number of rotatable bonds is 6. The van der Waals surface area contributed by atoms with E-state index in [4.69, 9.17) is 28.3 Å². The first-order valence-corrected chi connectivity index (χ1v) is 6.63. The summed E-state index contributed by atoms with van der Waals surface area (Å²) in [6.45, 7) is 3.23. The summed E-state index contributed by atoms with van der Waals surface area (Å²) < 4.78 is 0. The van der Waals surface area contributed by atoms with Crippen LogP contribution in [0.25, 0.3) is 0 Å². The van der Waals surface area contributed by atoms with Crippen LogP contribution in [0.2, 0.25) is 10.0 Å². The Kier molecular flexibility index (Phi) is 6.94.